The van der Waals surface area contributed by atoms with Gasteiger partial charge in [-0.05, 0) is 18.6 Å². The van der Waals surface area contributed by atoms with E-state index in [0.717, 1.165) is 0 Å². The van der Waals surface area contributed by atoms with Crippen LogP contribution in [0, 0.1) is 10.1 Å². The standard InChI is InChI=1S/C10H12N2O4S/c13-12(14)10-3-1-8(2-4-10)11-9-5-6-17(15,16)7-9/h1-4,9,11H,5-7H2. The summed E-state index contributed by atoms with van der Waals surface area (Å²) in [5, 5.41) is 13.5. The third kappa shape index (κ3) is 2.94. The van der Waals surface area contributed by atoms with Crippen LogP contribution in [0.25, 0.3) is 0 Å². The lowest BCUT2D eigenvalue weighted by Gasteiger charge is -2.11. The highest BCUT2D eigenvalue weighted by Gasteiger charge is 2.27. The van der Waals surface area contributed by atoms with E-state index in [0.29, 0.717) is 12.1 Å². The van der Waals surface area contributed by atoms with Crippen molar-refractivity contribution < 1.29 is 13.3 Å². The molecule has 92 valence electrons. The first-order valence-electron chi connectivity index (χ1n) is 5.18. The minimum absolute atomic E-state index is 0.0228. The monoisotopic (exact) mass is 256 g/mol. The molecule has 0 bridgehead atoms. The first-order chi connectivity index (χ1) is 7.96. The summed E-state index contributed by atoms with van der Waals surface area (Å²) in [6.07, 6.45) is 0.583. The summed E-state index contributed by atoms with van der Waals surface area (Å²) in [5.41, 5.74) is 0.729. The Morgan fingerprint density at radius 3 is 2.41 bits per heavy atom. The molecule has 0 aromatic heterocycles. The number of hydrogen-bond donors (Lipinski definition) is 1. The van der Waals surface area contributed by atoms with Crippen molar-refractivity contribution in [3.05, 3.63) is 34.4 Å². The molecule has 17 heavy (non-hydrogen) atoms. The Balaban J connectivity index is 2.03. The predicted molar refractivity (Wildman–Crippen MR) is 63.8 cm³/mol. The molecule has 1 heterocycles. The van der Waals surface area contributed by atoms with E-state index in [-0.39, 0.29) is 23.2 Å². The zero-order chi connectivity index (χ0) is 12.5. The third-order valence-corrected chi connectivity index (χ3v) is 4.45. The van der Waals surface area contributed by atoms with Crippen LogP contribution in [0.15, 0.2) is 24.3 Å². The molecule has 0 saturated carbocycles. The largest absolute Gasteiger partial charge is 0.381 e. The molecule has 1 aromatic rings. The molecular weight excluding hydrogens is 244 g/mol. The van der Waals surface area contributed by atoms with Crippen LogP contribution in [0.4, 0.5) is 11.4 Å². The molecule has 7 heteroatoms. The maximum atomic E-state index is 11.2. The molecule has 1 aliphatic heterocycles. The Labute approximate surface area is 98.7 Å². The van der Waals surface area contributed by atoms with Gasteiger partial charge in [0.05, 0.1) is 16.4 Å². The van der Waals surface area contributed by atoms with Gasteiger partial charge in [0.25, 0.3) is 5.69 Å². The second kappa shape index (κ2) is 4.33. The molecule has 0 amide bonds. The van der Waals surface area contributed by atoms with E-state index in [1.165, 1.54) is 12.1 Å². The fraction of sp³-hybridized carbons (Fsp3) is 0.400. The van der Waals surface area contributed by atoms with Gasteiger partial charge in [-0.25, -0.2) is 8.42 Å². The zero-order valence-corrected chi connectivity index (χ0v) is 9.81. The van der Waals surface area contributed by atoms with E-state index in [2.05, 4.69) is 5.32 Å². The van der Waals surface area contributed by atoms with E-state index in [4.69, 9.17) is 0 Å². The second-order valence-electron chi connectivity index (χ2n) is 4.05. The lowest BCUT2D eigenvalue weighted by atomic mass is 10.2. The van der Waals surface area contributed by atoms with Crippen molar-refractivity contribution in [1.82, 2.24) is 0 Å². The fourth-order valence-corrected chi connectivity index (χ4v) is 3.50. The number of nitro benzene ring substituents is 1. The van der Waals surface area contributed by atoms with E-state index >= 15 is 0 Å². The number of hydrogen-bond acceptors (Lipinski definition) is 5. The highest BCUT2D eigenvalue weighted by atomic mass is 32.2. The number of nitrogens with zero attached hydrogens (tertiary/aromatic N) is 1. The SMILES string of the molecule is O=[N+]([O-])c1ccc(NC2CCS(=O)(=O)C2)cc1. The van der Waals surface area contributed by atoms with Gasteiger partial charge in [-0.2, -0.15) is 0 Å². The number of anilines is 1. The van der Waals surface area contributed by atoms with Crippen LogP contribution in [-0.4, -0.2) is 30.9 Å². The molecule has 0 spiro atoms. The van der Waals surface area contributed by atoms with Crippen LogP contribution in [0.5, 0.6) is 0 Å². The summed E-state index contributed by atoms with van der Waals surface area (Å²) < 4.78 is 22.5. The smallest absolute Gasteiger partial charge is 0.269 e. The average Bonchev–Trinajstić information content (AvgIpc) is 2.59. The molecular formula is C10H12N2O4S. The van der Waals surface area contributed by atoms with Crippen LogP contribution in [0.3, 0.4) is 0 Å². The summed E-state index contributed by atoms with van der Waals surface area (Å²) in [7, 11) is -2.91. The molecule has 1 fully saturated rings. The van der Waals surface area contributed by atoms with Crippen molar-refractivity contribution in [2.75, 3.05) is 16.8 Å². The summed E-state index contributed by atoms with van der Waals surface area (Å²) in [6, 6.07) is 5.87. The van der Waals surface area contributed by atoms with Gasteiger partial charge < -0.3 is 5.32 Å². The second-order valence-corrected chi connectivity index (χ2v) is 6.28. The number of sulfone groups is 1. The molecule has 1 aliphatic rings. The predicted octanol–water partition coefficient (Wildman–Crippen LogP) is 1.19. The Bertz CT molecular complexity index is 524. The minimum Gasteiger partial charge on any atom is -0.381 e. The van der Waals surface area contributed by atoms with E-state index in [1.807, 2.05) is 0 Å². The lowest BCUT2D eigenvalue weighted by molar-refractivity contribution is -0.384. The van der Waals surface area contributed by atoms with Crippen LogP contribution in [0.2, 0.25) is 0 Å². The Morgan fingerprint density at radius 1 is 1.29 bits per heavy atom. The van der Waals surface area contributed by atoms with Gasteiger partial charge in [0.2, 0.25) is 0 Å². The quantitative estimate of drug-likeness (QED) is 0.648. The van der Waals surface area contributed by atoms with Crippen LogP contribution in [-0.2, 0) is 9.84 Å². The highest BCUT2D eigenvalue weighted by molar-refractivity contribution is 7.91. The summed E-state index contributed by atoms with van der Waals surface area (Å²) >= 11 is 0. The van der Waals surface area contributed by atoms with Gasteiger partial charge in [0.15, 0.2) is 9.84 Å². The van der Waals surface area contributed by atoms with Crippen molar-refractivity contribution >= 4 is 21.2 Å². The van der Waals surface area contributed by atoms with E-state index in [1.54, 1.807) is 12.1 Å². The third-order valence-electron chi connectivity index (χ3n) is 2.68. The van der Waals surface area contributed by atoms with Gasteiger partial charge in [0, 0.05) is 23.9 Å². The number of non-ortho nitro benzene ring substituents is 1. The van der Waals surface area contributed by atoms with Crippen molar-refractivity contribution in [1.29, 1.82) is 0 Å². The molecule has 0 aliphatic carbocycles. The molecule has 0 radical (unpaired) electrons. The number of nitro groups is 1. The van der Waals surface area contributed by atoms with Crippen molar-refractivity contribution in [2.45, 2.75) is 12.5 Å². The Morgan fingerprint density at radius 2 is 1.94 bits per heavy atom. The number of benzene rings is 1. The first kappa shape index (κ1) is 11.8. The average molecular weight is 256 g/mol. The summed E-state index contributed by atoms with van der Waals surface area (Å²) in [4.78, 5) is 9.98. The van der Waals surface area contributed by atoms with Crippen molar-refractivity contribution in [2.24, 2.45) is 0 Å². The topological polar surface area (TPSA) is 89.3 Å². The maximum Gasteiger partial charge on any atom is 0.269 e. The normalized spacial score (nSPS) is 22.2. The van der Waals surface area contributed by atoms with Gasteiger partial charge >= 0.3 is 0 Å². The molecule has 6 nitrogen and oxygen atoms in total. The van der Waals surface area contributed by atoms with E-state index < -0.39 is 14.8 Å². The Hall–Kier alpha value is -1.63. The maximum absolute atomic E-state index is 11.2. The fourth-order valence-electron chi connectivity index (χ4n) is 1.82. The molecule has 1 N–H and O–H groups in total. The Kier molecular flexibility index (Phi) is 3.01. The van der Waals surface area contributed by atoms with Crippen LogP contribution < -0.4 is 5.32 Å². The molecule has 1 saturated heterocycles. The lowest BCUT2D eigenvalue weighted by Crippen LogP contribution is -2.20. The van der Waals surface area contributed by atoms with Crippen LogP contribution >= 0.6 is 0 Å². The van der Waals surface area contributed by atoms with Crippen LogP contribution in [0.1, 0.15) is 6.42 Å². The minimum atomic E-state index is -2.91. The van der Waals surface area contributed by atoms with Gasteiger partial charge in [-0.1, -0.05) is 0 Å². The van der Waals surface area contributed by atoms with Gasteiger partial charge in [-0.15, -0.1) is 0 Å². The van der Waals surface area contributed by atoms with Gasteiger partial charge in [0.1, 0.15) is 0 Å². The molecule has 1 aromatic carbocycles. The zero-order valence-electron chi connectivity index (χ0n) is 9.00. The molecule has 2 rings (SSSR count). The summed E-state index contributed by atoms with van der Waals surface area (Å²) in [5.74, 6) is 0.335. The van der Waals surface area contributed by atoms with Gasteiger partial charge in [-0.3, -0.25) is 10.1 Å². The van der Waals surface area contributed by atoms with E-state index in [9.17, 15) is 18.5 Å². The van der Waals surface area contributed by atoms with Crippen molar-refractivity contribution in [3.8, 4) is 0 Å². The first-order valence-corrected chi connectivity index (χ1v) is 7.00. The number of rotatable bonds is 3. The number of nitrogens with one attached hydrogen (secondary N) is 1. The van der Waals surface area contributed by atoms with Crippen molar-refractivity contribution in [3.63, 3.8) is 0 Å². The molecule has 1 atom stereocenters. The summed E-state index contributed by atoms with van der Waals surface area (Å²) in [6.45, 7) is 0. The molecule has 1 unspecified atom stereocenters. The highest BCUT2D eigenvalue weighted by Crippen LogP contribution is 2.20.